The summed E-state index contributed by atoms with van der Waals surface area (Å²) >= 11 is 0. The molecule has 3 rings (SSSR count). The van der Waals surface area contributed by atoms with Gasteiger partial charge in [0.2, 0.25) is 0 Å². The van der Waals surface area contributed by atoms with E-state index in [1.807, 2.05) is 42.5 Å². The van der Waals surface area contributed by atoms with Crippen LogP contribution in [0.25, 0.3) is 21.9 Å². The molecular formula is C17H12O2. The monoisotopic (exact) mass is 248 g/mol. The number of rotatable bonds is 2. The van der Waals surface area contributed by atoms with Crippen LogP contribution in [-0.2, 0) is 0 Å². The summed E-state index contributed by atoms with van der Waals surface area (Å²) in [5, 5.41) is 11.7. The van der Waals surface area contributed by atoms with Crippen LogP contribution in [0.2, 0.25) is 0 Å². The minimum atomic E-state index is 0.103. The highest BCUT2D eigenvalue weighted by atomic mass is 16.3. The molecule has 92 valence electrons. The smallest absolute Gasteiger partial charge is 0.150 e. The van der Waals surface area contributed by atoms with E-state index < -0.39 is 0 Å². The molecule has 2 nitrogen and oxygen atoms in total. The van der Waals surface area contributed by atoms with Crippen LogP contribution >= 0.6 is 0 Å². The molecule has 0 aliphatic heterocycles. The Morgan fingerprint density at radius 3 is 2.47 bits per heavy atom. The van der Waals surface area contributed by atoms with Crippen LogP contribution in [0.15, 0.2) is 60.7 Å². The van der Waals surface area contributed by atoms with Crippen LogP contribution < -0.4 is 0 Å². The quantitative estimate of drug-likeness (QED) is 0.695. The molecular weight excluding hydrogens is 236 g/mol. The van der Waals surface area contributed by atoms with Crippen LogP contribution in [0, 0.1) is 0 Å². The van der Waals surface area contributed by atoms with Crippen LogP contribution in [0.1, 0.15) is 10.4 Å². The minimum Gasteiger partial charge on any atom is -0.508 e. The largest absolute Gasteiger partial charge is 0.508 e. The van der Waals surface area contributed by atoms with E-state index in [4.69, 9.17) is 0 Å². The first-order chi connectivity index (χ1) is 9.29. The van der Waals surface area contributed by atoms with Crippen molar-refractivity contribution in [3.8, 4) is 16.9 Å². The lowest BCUT2D eigenvalue weighted by Crippen LogP contribution is -1.88. The summed E-state index contributed by atoms with van der Waals surface area (Å²) in [5.74, 6) is 0.103. The lowest BCUT2D eigenvalue weighted by Gasteiger charge is -2.09. The zero-order valence-corrected chi connectivity index (χ0v) is 10.2. The molecule has 0 amide bonds. The number of fused-ring (bicyclic) bond motifs is 1. The van der Waals surface area contributed by atoms with Crippen LogP contribution in [0.5, 0.6) is 5.75 Å². The normalized spacial score (nSPS) is 10.5. The number of aromatic hydroxyl groups is 1. The molecule has 0 aromatic heterocycles. The Morgan fingerprint density at radius 2 is 1.63 bits per heavy atom. The summed E-state index contributed by atoms with van der Waals surface area (Å²) in [6.07, 6.45) is 0.775. The fourth-order valence-corrected chi connectivity index (χ4v) is 2.35. The molecule has 0 atom stereocenters. The number of carbonyl (C=O) groups excluding carboxylic acids is 1. The first-order valence-electron chi connectivity index (χ1n) is 6.06. The van der Waals surface area contributed by atoms with E-state index in [1.54, 1.807) is 12.1 Å². The van der Waals surface area contributed by atoms with Crippen molar-refractivity contribution < 1.29 is 9.90 Å². The van der Waals surface area contributed by atoms with Gasteiger partial charge in [-0.15, -0.1) is 0 Å². The highest BCUT2D eigenvalue weighted by molar-refractivity contribution is 6.00. The molecule has 0 unspecified atom stereocenters. The molecule has 0 heterocycles. The maximum absolute atomic E-state index is 11.2. The number of carbonyl (C=O) groups is 1. The molecule has 0 saturated heterocycles. The van der Waals surface area contributed by atoms with Gasteiger partial charge < -0.3 is 5.11 Å². The van der Waals surface area contributed by atoms with Crippen molar-refractivity contribution in [2.75, 3.05) is 0 Å². The molecule has 19 heavy (non-hydrogen) atoms. The minimum absolute atomic E-state index is 0.103. The molecule has 3 aromatic carbocycles. The summed E-state index contributed by atoms with van der Waals surface area (Å²) in [4.78, 5) is 11.2. The second kappa shape index (κ2) is 4.58. The number of phenols is 1. The highest BCUT2D eigenvalue weighted by Crippen LogP contribution is 2.31. The summed E-state index contributed by atoms with van der Waals surface area (Å²) < 4.78 is 0. The summed E-state index contributed by atoms with van der Waals surface area (Å²) in [6.45, 7) is 0. The lowest BCUT2D eigenvalue weighted by atomic mass is 9.95. The van der Waals surface area contributed by atoms with Gasteiger partial charge in [0.25, 0.3) is 0 Å². The van der Waals surface area contributed by atoms with Crippen molar-refractivity contribution in [2.24, 2.45) is 0 Å². The van der Waals surface area contributed by atoms with E-state index in [-0.39, 0.29) is 5.75 Å². The van der Waals surface area contributed by atoms with Gasteiger partial charge in [-0.05, 0) is 40.1 Å². The Hall–Kier alpha value is -2.61. The van der Waals surface area contributed by atoms with Crippen molar-refractivity contribution >= 4 is 17.1 Å². The SMILES string of the molecule is O=Cc1cc(O)ccc1-c1cccc2ccccc12. The molecule has 0 aliphatic rings. The third-order valence-electron chi connectivity index (χ3n) is 3.24. The average Bonchev–Trinajstić information content (AvgIpc) is 2.46. The zero-order chi connectivity index (χ0) is 13.2. The second-order valence-electron chi connectivity index (χ2n) is 4.42. The van der Waals surface area contributed by atoms with E-state index in [0.717, 1.165) is 28.2 Å². The van der Waals surface area contributed by atoms with Crippen molar-refractivity contribution in [1.29, 1.82) is 0 Å². The van der Waals surface area contributed by atoms with Crippen LogP contribution in [0.4, 0.5) is 0 Å². The fourth-order valence-electron chi connectivity index (χ4n) is 2.35. The topological polar surface area (TPSA) is 37.3 Å². The molecule has 0 spiro atoms. The molecule has 3 aromatic rings. The average molecular weight is 248 g/mol. The second-order valence-corrected chi connectivity index (χ2v) is 4.42. The number of phenolic OH excluding ortho intramolecular Hbond substituents is 1. The van der Waals surface area contributed by atoms with Crippen LogP contribution in [0.3, 0.4) is 0 Å². The molecule has 1 N–H and O–H groups in total. The Labute approximate surface area is 110 Å². The van der Waals surface area contributed by atoms with Gasteiger partial charge in [0.05, 0.1) is 0 Å². The maximum Gasteiger partial charge on any atom is 0.150 e. The van der Waals surface area contributed by atoms with Gasteiger partial charge in [-0.2, -0.15) is 0 Å². The van der Waals surface area contributed by atoms with Gasteiger partial charge in [0.15, 0.2) is 6.29 Å². The number of aldehydes is 1. The Morgan fingerprint density at radius 1 is 0.842 bits per heavy atom. The van der Waals surface area contributed by atoms with E-state index >= 15 is 0 Å². The van der Waals surface area contributed by atoms with E-state index in [0.29, 0.717) is 5.56 Å². The first kappa shape index (κ1) is 11.5. The summed E-state index contributed by atoms with van der Waals surface area (Å²) in [5.41, 5.74) is 2.33. The Bertz CT molecular complexity index is 755. The molecule has 0 aliphatic carbocycles. The molecule has 0 fully saturated rings. The van der Waals surface area contributed by atoms with Gasteiger partial charge in [-0.3, -0.25) is 4.79 Å². The third-order valence-corrected chi connectivity index (χ3v) is 3.24. The molecule has 0 bridgehead atoms. The van der Waals surface area contributed by atoms with Gasteiger partial charge in [0.1, 0.15) is 5.75 Å². The van der Waals surface area contributed by atoms with Gasteiger partial charge >= 0.3 is 0 Å². The van der Waals surface area contributed by atoms with Gasteiger partial charge in [-0.1, -0.05) is 42.5 Å². The van der Waals surface area contributed by atoms with Gasteiger partial charge in [-0.25, -0.2) is 0 Å². The van der Waals surface area contributed by atoms with Crippen molar-refractivity contribution in [2.45, 2.75) is 0 Å². The third kappa shape index (κ3) is 1.97. The van der Waals surface area contributed by atoms with E-state index in [9.17, 15) is 9.90 Å². The predicted octanol–water partition coefficient (Wildman–Crippen LogP) is 4.02. The fraction of sp³-hybridized carbons (Fsp3) is 0. The van der Waals surface area contributed by atoms with Crippen molar-refractivity contribution in [3.05, 3.63) is 66.2 Å². The zero-order valence-electron chi connectivity index (χ0n) is 10.2. The number of hydrogen-bond acceptors (Lipinski definition) is 2. The Kier molecular flexibility index (Phi) is 2.76. The first-order valence-corrected chi connectivity index (χ1v) is 6.06. The van der Waals surface area contributed by atoms with Crippen molar-refractivity contribution in [3.63, 3.8) is 0 Å². The summed E-state index contributed by atoms with van der Waals surface area (Å²) in [7, 11) is 0. The number of hydrogen-bond donors (Lipinski definition) is 1. The molecule has 2 heteroatoms. The van der Waals surface area contributed by atoms with E-state index in [2.05, 4.69) is 0 Å². The maximum atomic E-state index is 11.2. The van der Waals surface area contributed by atoms with Crippen LogP contribution in [-0.4, -0.2) is 11.4 Å². The number of benzene rings is 3. The lowest BCUT2D eigenvalue weighted by molar-refractivity contribution is 0.112. The summed E-state index contributed by atoms with van der Waals surface area (Å²) in [6, 6.07) is 18.9. The van der Waals surface area contributed by atoms with E-state index in [1.165, 1.54) is 6.07 Å². The Balaban J connectivity index is 2.33. The van der Waals surface area contributed by atoms with Gasteiger partial charge in [0, 0.05) is 5.56 Å². The highest BCUT2D eigenvalue weighted by Gasteiger charge is 2.08. The van der Waals surface area contributed by atoms with Crippen molar-refractivity contribution in [1.82, 2.24) is 0 Å². The molecule has 0 saturated carbocycles. The standard InChI is InChI=1S/C17H12O2/c18-11-13-10-14(19)8-9-16(13)17-7-3-5-12-4-1-2-6-15(12)17/h1-11,19H. The molecule has 0 radical (unpaired) electrons. The predicted molar refractivity (Wildman–Crippen MR) is 76.4 cm³/mol.